The molecule has 108 valence electrons. The van der Waals surface area contributed by atoms with Gasteiger partial charge in [-0.3, -0.25) is 4.79 Å². The summed E-state index contributed by atoms with van der Waals surface area (Å²) in [5, 5.41) is 14.9. The Bertz CT molecular complexity index is 691. The Balaban J connectivity index is 1.57. The molecular formula is C15H17N5O. The summed E-state index contributed by atoms with van der Waals surface area (Å²) in [7, 11) is 0. The molecule has 1 amide bonds. The smallest absolute Gasteiger partial charge is 0.227 e. The zero-order valence-electron chi connectivity index (χ0n) is 11.9. The van der Waals surface area contributed by atoms with E-state index in [4.69, 9.17) is 0 Å². The molecule has 2 fully saturated rings. The predicted molar refractivity (Wildman–Crippen MR) is 77.4 cm³/mol. The topological polar surface area (TPSA) is 72.7 Å². The first-order valence-corrected chi connectivity index (χ1v) is 7.41. The van der Waals surface area contributed by atoms with Crippen molar-refractivity contribution in [3.05, 3.63) is 24.3 Å². The van der Waals surface area contributed by atoms with Crippen molar-refractivity contribution in [2.45, 2.75) is 32.2 Å². The predicted octanol–water partition coefficient (Wildman–Crippen LogP) is 2.27. The summed E-state index contributed by atoms with van der Waals surface area (Å²) < 4.78 is 1.88. The van der Waals surface area contributed by atoms with Crippen LogP contribution in [0.15, 0.2) is 24.3 Å². The molecule has 0 radical (unpaired) electrons. The van der Waals surface area contributed by atoms with Crippen molar-refractivity contribution in [3.8, 4) is 11.4 Å². The summed E-state index contributed by atoms with van der Waals surface area (Å²) in [6, 6.07) is 8.17. The van der Waals surface area contributed by atoms with Crippen molar-refractivity contribution >= 4 is 11.6 Å². The third-order valence-corrected chi connectivity index (χ3v) is 4.22. The molecule has 2 aromatic rings. The van der Waals surface area contributed by atoms with Gasteiger partial charge in [-0.2, -0.15) is 0 Å². The van der Waals surface area contributed by atoms with Crippen LogP contribution in [0, 0.1) is 11.8 Å². The lowest BCUT2D eigenvalue weighted by molar-refractivity contribution is -0.117. The van der Waals surface area contributed by atoms with E-state index in [0.717, 1.165) is 36.3 Å². The number of benzene rings is 1. The molecule has 1 heterocycles. The highest BCUT2D eigenvalue weighted by molar-refractivity contribution is 5.94. The third-order valence-electron chi connectivity index (χ3n) is 4.22. The molecule has 2 aliphatic rings. The molecular weight excluding hydrogens is 266 g/mol. The molecule has 2 saturated carbocycles. The standard InChI is InChI=1S/C15H17N5O/c1-9-7-13(9)15(21)16-11-4-2-3-10(8-11)14-17-18-19-20(14)12-5-6-12/h2-4,8-9,12-13H,5-7H2,1H3,(H,16,21). The van der Waals surface area contributed by atoms with Gasteiger partial charge in [0.2, 0.25) is 5.91 Å². The fraction of sp³-hybridized carbons (Fsp3) is 0.467. The van der Waals surface area contributed by atoms with E-state index in [2.05, 4.69) is 27.8 Å². The summed E-state index contributed by atoms with van der Waals surface area (Å²) in [6.45, 7) is 2.10. The highest BCUT2D eigenvalue weighted by atomic mass is 16.2. The number of hydrogen-bond donors (Lipinski definition) is 1. The van der Waals surface area contributed by atoms with Gasteiger partial charge in [0.15, 0.2) is 5.82 Å². The second kappa shape index (κ2) is 4.65. The minimum Gasteiger partial charge on any atom is -0.326 e. The summed E-state index contributed by atoms with van der Waals surface area (Å²) in [5.74, 6) is 1.57. The van der Waals surface area contributed by atoms with Crippen LogP contribution in [0.2, 0.25) is 0 Å². The Morgan fingerprint density at radius 2 is 2.19 bits per heavy atom. The van der Waals surface area contributed by atoms with Gasteiger partial charge >= 0.3 is 0 Å². The lowest BCUT2D eigenvalue weighted by atomic mass is 10.2. The van der Waals surface area contributed by atoms with Crippen molar-refractivity contribution in [1.29, 1.82) is 0 Å². The highest BCUT2D eigenvalue weighted by Crippen LogP contribution is 2.39. The van der Waals surface area contributed by atoms with Gasteiger partial charge in [-0.05, 0) is 47.7 Å². The second-order valence-electron chi connectivity index (χ2n) is 6.07. The molecule has 0 saturated heterocycles. The largest absolute Gasteiger partial charge is 0.326 e. The monoisotopic (exact) mass is 283 g/mol. The SMILES string of the molecule is CC1CC1C(=O)Nc1cccc(-c2nnnn2C2CC2)c1. The van der Waals surface area contributed by atoms with E-state index in [-0.39, 0.29) is 11.8 Å². The lowest BCUT2D eigenvalue weighted by Crippen LogP contribution is -2.14. The number of nitrogens with one attached hydrogen (secondary N) is 1. The highest BCUT2D eigenvalue weighted by Gasteiger charge is 2.39. The quantitative estimate of drug-likeness (QED) is 0.934. The molecule has 21 heavy (non-hydrogen) atoms. The molecule has 6 nitrogen and oxygen atoms in total. The molecule has 2 unspecified atom stereocenters. The van der Waals surface area contributed by atoms with Gasteiger partial charge in [-0.15, -0.1) is 5.10 Å². The van der Waals surface area contributed by atoms with Crippen LogP contribution < -0.4 is 5.32 Å². The molecule has 4 rings (SSSR count). The fourth-order valence-corrected chi connectivity index (χ4v) is 2.61. The minimum atomic E-state index is 0.112. The Morgan fingerprint density at radius 1 is 1.38 bits per heavy atom. The van der Waals surface area contributed by atoms with Crippen LogP contribution in [0.5, 0.6) is 0 Å². The average molecular weight is 283 g/mol. The normalized spacial score (nSPS) is 23.9. The third kappa shape index (κ3) is 2.41. The first-order chi connectivity index (χ1) is 10.2. The number of carbonyl (C=O) groups is 1. The maximum atomic E-state index is 12.0. The molecule has 2 atom stereocenters. The summed E-state index contributed by atoms with van der Waals surface area (Å²) >= 11 is 0. The van der Waals surface area contributed by atoms with E-state index in [1.807, 2.05) is 28.9 Å². The van der Waals surface area contributed by atoms with Crippen molar-refractivity contribution < 1.29 is 4.79 Å². The maximum Gasteiger partial charge on any atom is 0.227 e. The average Bonchev–Trinajstić information content (AvgIpc) is 3.39. The summed E-state index contributed by atoms with van der Waals surface area (Å²) in [6.07, 6.45) is 3.26. The number of rotatable bonds is 4. The fourth-order valence-electron chi connectivity index (χ4n) is 2.61. The van der Waals surface area contributed by atoms with Crippen LogP contribution in [-0.2, 0) is 4.79 Å². The zero-order chi connectivity index (χ0) is 14.4. The van der Waals surface area contributed by atoms with Gasteiger partial charge in [0, 0.05) is 17.2 Å². The number of aromatic nitrogens is 4. The van der Waals surface area contributed by atoms with Gasteiger partial charge in [0.1, 0.15) is 0 Å². The summed E-state index contributed by atoms with van der Waals surface area (Å²) in [5.41, 5.74) is 1.75. The molecule has 6 heteroatoms. The molecule has 0 aliphatic heterocycles. The Kier molecular flexibility index (Phi) is 2.77. The second-order valence-corrected chi connectivity index (χ2v) is 6.07. The maximum absolute atomic E-state index is 12.0. The van der Waals surface area contributed by atoms with Crippen LogP contribution in [0.3, 0.4) is 0 Å². The van der Waals surface area contributed by atoms with Gasteiger partial charge in [-0.1, -0.05) is 19.1 Å². The number of tetrazole rings is 1. The minimum absolute atomic E-state index is 0.112. The lowest BCUT2D eigenvalue weighted by Gasteiger charge is -2.07. The van der Waals surface area contributed by atoms with Crippen LogP contribution in [-0.4, -0.2) is 26.1 Å². The van der Waals surface area contributed by atoms with Gasteiger partial charge in [0.05, 0.1) is 6.04 Å². The number of anilines is 1. The van der Waals surface area contributed by atoms with Crippen LogP contribution >= 0.6 is 0 Å². The van der Waals surface area contributed by atoms with E-state index < -0.39 is 0 Å². The van der Waals surface area contributed by atoms with Crippen molar-refractivity contribution in [2.24, 2.45) is 11.8 Å². The van der Waals surface area contributed by atoms with E-state index in [1.54, 1.807) is 0 Å². The van der Waals surface area contributed by atoms with E-state index >= 15 is 0 Å². The van der Waals surface area contributed by atoms with Gasteiger partial charge in [-0.25, -0.2) is 4.68 Å². The first kappa shape index (κ1) is 12.5. The molecule has 2 aliphatic carbocycles. The van der Waals surface area contributed by atoms with Crippen molar-refractivity contribution in [3.63, 3.8) is 0 Å². The molecule has 1 aromatic carbocycles. The zero-order valence-corrected chi connectivity index (χ0v) is 11.9. The van der Waals surface area contributed by atoms with Crippen molar-refractivity contribution in [1.82, 2.24) is 20.2 Å². The van der Waals surface area contributed by atoms with Crippen LogP contribution in [0.25, 0.3) is 11.4 Å². The number of amides is 1. The van der Waals surface area contributed by atoms with Gasteiger partial charge in [0.25, 0.3) is 0 Å². The van der Waals surface area contributed by atoms with E-state index in [0.29, 0.717) is 12.0 Å². The van der Waals surface area contributed by atoms with Crippen molar-refractivity contribution in [2.75, 3.05) is 5.32 Å². The first-order valence-electron chi connectivity index (χ1n) is 7.41. The molecule has 0 bridgehead atoms. The van der Waals surface area contributed by atoms with Gasteiger partial charge < -0.3 is 5.32 Å². The number of nitrogens with zero attached hydrogens (tertiary/aromatic N) is 4. The summed E-state index contributed by atoms with van der Waals surface area (Å²) in [4.78, 5) is 12.0. The Morgan fingerprint density at radius 3 is 2.90 bits per heavy atom. The van der Waals surface area contributed by atoms with E-state index in [9.17, 15) is 4.79 Å². The molecule has 0 spiro atoms. The number of hydrogen-bond acceptors (Lipinski definition) is 4. The van der Waals surface area contributed by atoms with Crippen LogP contribution in [0.4, 0.5) is 5.69 Å². The molecule has 1 N–H and O–H groups in total. The van der Waals surface area contributed by atoms with Crippen LogP contribution in [0.1, 0.15) is 32.2 Å². The molecule has 1 aromatic heterocycles. The Hall–Kier alpha value is -2.24. The Labute approximate surface area is 122 Å². The van der Waals surface area contributed by atoms with E-state index in [1.165, 1.54) is 0 Å². The number of carbonyl (C=O) groups excluding carboxylic acids is 1.